The van der Waals surface area contributed by atoms with Crippen molar-refractivity contribution in [3.8, 4) is 11.3 Å². The van der Waals surface area contributed by atoms with E-state index in [4.69, 9.17) is 16.1 Å². The Labute approximate surface area is 172 Å². The summed E-state index contributed by atoms with van der Waals surface area (Å²) in [5, 5.41) is 8.73. The van der Waals surface area contributed by atoms with Crippen molar-refractivity contribution in [1.29, 1.82) is 5.41 Å². The predicted molar refractivity (Wildman–Crippen MR) is 116 cm³/mol. The summed E-state index contributed by atoms with van der Waals surface area (Å²) >= 11 is 3.61. The highest BCUT2D eigenvalue weighted by molar-refractivity contribution is 9.10. The summed E-state index contributed by atoms with van der Waals surface area (Å²) in [6.07, 6.45) is 8.66. The summed E-state index contributed by atoms with van der Waals surface area (Å²) in [4.78, 5) is 15.6. The summed E-state index contributed by atoms with van der Waals surface area (Å²) in [6, 6.07) is 9.44. The van der Waals surface area contributed by atoms with Gasteiger partial charge < -0.3 is 10.6 Å². The first-order chi connectivity index (χ1) is 13.6. The van der Waals surface area contributed by atoms with E-state index in [1.54, 1.807) is 18.6 Å². The number of nitrogens with one attached hydrogen (secondary N) is 1. The van der Waals surface area contributed by atoms with E-state index < -0.39 is 0 Å². The lowest BCUT2D eigenvalue weighted by Gasteiger charge is -2.28. The molecule has 7 heteroatoms. The van der Waals surface area contributed by atoms with Crippen LogP contribution in [0, 0.1) is 5.41 Å². The molecule has 3 aromatic heterocycles. The molecule has 0 atom stereocenters. The van der Waals surface area contributed by atoms with Crippen LogP contribution in [-0.4, -0.2) is 33.8 Å². The zero-order valence-electron chi connectivity index (χ0n) is 15.4. The van der Waals surface area contributed by atoms with E-state index in [1.807, 2.05) is 30.3 Å². The highest BCUT2D eigenvalue weighted by Crippen LogP contribution is 2.28. The Morgan fingerprint density at radius 2 is 1.93 bits per heavy atom. The Bertz CT molecular complexity index is 999. The van der Waals surface area contributed by atoms with Crippen molar-refractivity contribution in [2.24, 2.45) is 0 Å². The molecule has 0 spiro atoms. The van der Waals surface area contributed by atoms with Crippen molar-refractivity contribution in [2.45, 2.75) is 19.3 Å². The van der Waals surface area contributed by atoms with Gasteiger partial charge in [-0.1, -0.05) is 0 Å². The molecule has 1 aliphatic rings. The number of hydrogen-bond acceptors (Lipinski definition) is 6. The Balaban J connectivity index is 1.70. The maximum atomic E-state index is 8.73. The highest BCUT2D eigenvalue weighted by Gasteiger charge is 2.18. The number of nitrogens with two attached hydrogens (primary N) is 1. The molecule has 142 valence electrons. The third-order valence-corrected chi connectivity index (χ3v) is 5.52. The van der Waals surface area contributed by atoms with Gasteiger partial charge >= 0.3 is 0 Å². The molecule has 6 nitrogen and oxygen atoms in total. The van der Waals surface area contributed by atoms with Gasteiger partial charge in [-0.25, -0.2) is 4.98 Å². The lowest BCUT2D eigenvalue weighted by Crippen LogP contribution is -2.30. The second-order valence-corrected chi connectivity index (χ2v) is 7.68. The van der Waals surface area contributed by atoms with E-state index in [0.29, 0.717) is 16.9 Å². The Morgan fingerprint density at radius 3 is 2.68 bits per heavy atom. The van der Waals surface area contributed by atoms with Gasteiger partial charge in [0.05, 0.1) is 33.5 Å². The van der Waals surface area contributed by atoms with Crippen molar-refractivity contribution in [1.82, 2.24) is 15.0 Å². The van der Waals surface area contributed by atoms with Crippen LogP contribution in [-0.2, 0) is 0 Å². The molecule has 1 aliphatic heterocycles. The van der Waals surface area contributed by atoms with Crippen LogP contribution < -0.4 is 10.6 Å². The number of anilines is 2. The van der Waals surface area contributed by atoms with Gasteiger partial charge in [0.15, 0.2) is 0 Å². The van der Waals surface area contributed by atoms with Gasteiger partial charge in [-0.05, 0) is 65.5 Å². The molecule has 0 unspecified atom stereocenters. The van der Waals surface area contributed by atoms with Crippen LogP contribution in [0.3, 0.4) is 0 Å². The zero-order chi connectivity index (χ0) is 19.5. The minimum Gasteiger partial charge on any atom is -0.397 e. The minimum atomic E-state index is 0.288. The molecule has 4 rings (SSSR count). The third kappa shape index (κ3) is 3.75. The monoisotopic (exact) mass is 436 g/mol. The van der Waals surface area contributed by atoms with Crippen molar-refractivity contribution in [3.63, 3.8) is 0 Å². The molecule has 0 aliphatic carbocycles. The zero-order valence-corrected chi connectivity index (χ0v) is 17.0. The molecule has 0 amide bonds. The average molecular weight is 437 g/mol. The summed E-state index contributed by atoms with van der Waals surface area (Å²) < 4.78 is 0.949. The van der Waals surface area contributed by atoms with Crippen LogP contribution in [0.1, 0.15) is 30.5 Å². The standard InChI is InChI=1S/C21H21BrN6/c22-16-6-7-18(27-21(16)28-9-2-1-3-10-28)20(24)15-11-19(26-13-17(15)23)14-5-4-8-25-12-14/h4-8,11-13,24H,1-3,9-10,23H2. The number of hydrogen-bond donors (Lipinski definition) is 2. The molecule has 4 heterocycles. The molecule has 0 aromatic carbocycles. The van der Waals surface area contributed by atoms with Crippen LogP contribution in [0.4, 0.5) is 11.5 Å². The smallest absolute Gasteiger partial charge is 0.143 e. The first-order valence-corrected chi connectivity index (χ1v) is 10.1. The fourth-order valence-corrected chi connectivity index (χ4v) is 3.86. The number of aromatic nitrogens is 3. The molecule has 1 fully saturated rings. The van der Waals surface area contributed by atoms with E-state index >= 15 is 0 Å². The maximum Gasteiger partial charge on any atom is 0.143 e. The van der Waals surface area contributed by atoms with Crippen molar-refractivity contribution >= 4 is 33.1 Å². The Hall–Kier alpha value is -2.80. The molecule has 1 saturated heterocycles. The highest BCUT2D eigenvalue weighted by atomic mass is 79.9. The summed E-state index contributed by atoms with van der Waals surface area (Å²) in [5.74, 6) is 0.891. The fraction of sp³-hybridized carbons (Fsp3) is 0.238. The van der Waals surface area contributed by atoms with Gasteiger partial charge in [0.2, 0.25) is 0 Å². The second kappa shape index (κ2) is 8.06. The van der Waals surface area contributed by atoms with Crippen molar-refractivity contribution in [3.05, 3.63) is 64.7 Å². The maximum absolute atomic E-state index is 8.73. The van der Waals surface area contributed by atoms with Gasteiger partial charge in [-0.3, -0.25) is 15.4 Å². The normalized spacial score (nSPS) is 14.1. The number of rotatable bonds is 4. The van der Waals surface area contributed by atoms with Crippen molar-refractivity contribution in [2.75, 3.05) is 23.7 Å². The molecular formula is C21H21BrN6. The quantitative estimate of drug-likeness (QED) is 0.595. The van der Waals surface area contributed by atoms with Gasteiger partial charge in [0.1, 0.15) is 5.82 Å². The van der Waals surface area contributed by atoms with E-state index in [1.165, 1.54) is 19.3 Å². The van der Waals surface area contributed by atoms with Gasteiger partial charge in [-0.2, -0.15) is 0 Å². The fourth-order valence-electron chi connectivity index (χ4n) is 3.39. The van der Waals surface area contributed by atoms with Crippen LogP contribution in [0.15, 0.2) is 53.4 Å². The molecular weight excluding hydrogens is 416 g/mol. The molecule has 3 aromatic rings. The Morgan fingerprint density at radius 1 is 1.11 bits per heavy atom. The van der Waals surface area contributed by atoms with Crippen LogP contribution in [0.2, 0.25) is 0 Å². The second-order valence-electron chi connectivity index (χ2n) is 6.82. The van der Waals surface area contributed by atoms with Gasteiger partial charge in [0.25, 0.3) is 0 Å². The summed E-state index contributed by atoms with van der Waals surface area (Å²) in [7, 11) is 0. The van der Waals surface area contributed by atoms with E-state index in [9.17, 15) is 0 Å². The summed E-state index contributed by atoms with van der Waals surface area (Å²) in [5.41, 5.74) is 9.73. The largest absolute Gasteiger partial charge is 0.397 e. The average Bonchev–Trinajstić information content (AvgIpc) is 2.75. The number of halogens is 1. The third-order valence-electron chi connectivity index (χ3n) is 4.90. The molecule has 0 bridgehead atoms. The molecule has 0 radical (unpaired) electrons. The lowest BCUT2D eigenvalue weighted by atomic mass is 10.0. The minimum absolute atomic E-state index is 0.288. The Kier molecular flexibility index (Phi) is 5.34. The van der Waals surface area contributed by atoms with Gasteiger partial charge in [-0.15, -0.1) is 0 Å². The van der Waals surface area contributed by atoms with E-state index in [2.05, 4.69) is 30.8 Å². The topological polar surface area (TPSA) is 91.8 Å². The predicted octanol–water partition coefficient (Wildman–Crippen LogP) is 4.29. The molecule has 28 heavy (non-hydrogen) atoms. The molecule has 3 N–H and O–H groups in total. The van der Waals surface area contributed by atoms with Crippen molar-refractivity contribution < 1.29 is 0 Å². The number of piperidine rings is 1. The first-order valence-electron chi connectivity index (χ1n) is 9.30. The molecule has 0 saturated carbocycles. The van der Waals surface area contributed by atoms with Crippen LogP contribution in [0.25, 0.3) is 11.3 Å². The van der Waals surface area contributed by atoms with E-state index in [-0.39, 0.29) is 5.71 Å². The summed E-state index contributed by atoms with van der Waals surface area (Å²) in [6.45, 7) is 1.98. The van der Waals surface area contributed by atoms with Gasteiger partial charge in [0, 0.05) is 36.6 Å². The SMILES string of the molecule is N=C(c1ccc(Br)c(N2CCCCC2)n1)c1cc(-c2cccnc2)ncc1N. The number of pyridine rings is 3. The number of nitrogens with zero attached hydrogens (tertiary/aromatic N) is 4. The van der Waals surface area contributed by atoms with E-state index in [0.717, 1.165) is 34.6 Å². The first kappa shape index (κ1) is 18.6. The number of nitrogen functional groups attached to an aromatic ring is 1. The lowest BCUT2D eigenvalue weighted by molar-refractivity contribution is 0.572. The van der Waals surface area contributed by atoms with Crippen LogP contribution >= 0.6 is 15.9 Å². The van der Waals surface area contributed by atoms with Crippen LogP contribution in [0.5, 0.6) is 0 Å².